The highest BCUT2D eigenvalue weighted by Crippen LogP contribution is 2.34. The number of hydrogen-bond donors (Lipinski definition) is 2. The molecule has 0 amide bonds. The first-order valence-electron chi connectivity index (χ1n) is 10.4. The number of nitrogens with one attached hydrogen (secondary N) is 2. The van der Waals surface area contributed by atoms with Gasteiger partial charge in [0.1, 0.15) is 17.8 Å². The van der Waals surface area contributed by atoms with Crippen molar-refractivity contribution >= 4 is 28.5 Å². The number of methoxy groups -OCH3 is 1. The SMILES string of the molecule is COc1nc(N[C@@H](C)c2cc3cc(Cl)c(OCC4CC4)cc3[nH]c2=O)ncc1-n1cnnn1. The lowest BCUT2D eigenvalue weighted by Crippen LogP contribution is -2.20. The number of ether oxygens (including phenoxy) is 2. The number of halogens is 1. The van der Waals surface area contributed by atoms with Crippen molar-refractivity contribution in [2.75, 3.05) is 19.0 Å². The van der Waals surface area contributed by atoms with Crippen molar-refractivity contribution in [3.63, 3.8) is 0 Å². The maximum Gasteiger partial charge on any atom is 0.253 e. The lowest BCUT2D eigenvalue weighted by Gasteiger charge is -2.16. The molecule has 1 atom stereocenters. The van der Waals surface area contributed by atoms with E-state index in [0.717, 1.165) is 5.39 Å². The van der Waals surface area contributed by atoms with Crippen molar-refractivity contribution in [2.45, 2.75) is 25.8 Å². The molecule has 11 nitrogen and oxygen atoms in total. The Bertz CT molecular complexity index is 1350. The van der Waals surface area contributed by atoms with E-state index in [-0.39, 0.29) is 17.4 Å². The summed E-state index contributed by atoms with van der Waals surface area (Å²) >= 11 is 6.42. The number of aromatic nitrogens is 7. The van der Waals surface area contributed by atoms with Crippen molar-refractivity contribution in [3.05, 3.63) is 51.7 Å². The molecule has 4 aromatic rings. The van der Waals surface area contributed by atoms with E-state index in [2.05, 4.69) is 35.8 Å². The molecule has 1 saturated carbocycles. The summed E-state index contributed by atoms with van der Waals surface area (Å²) in [6.45, 7) is 2.49. The smallest absolute Gasteiger partial charge is 0.253 e. The van der Waals surface area contributed by atoms with Crippen molar-refractivity contribution in [3.8, 4) is 17.3 Å². The predicted molar refractivity (Wildman–Crippen MR) is 121 cm³/mol. The highest BCUT2D eigenvalue weighted by molar-refractivity contribution is 6.32. The first-order chi connectivity index (χ1) is 16.0. The van der Waals surface area contributed by atoms with Crippen LogP contribution in [0.1, 0.15) is 31.4 Å². The lowest BCUT2D eigenvalue weighted by atomic mass is 10.1. The van der Waals surface area contributed by atoms with Crippen LogP contribution >= 0.6 is 11.6 Å². The Balaban J connectivity index is 1.39. The normalized spacial score (nSPS) is 14.3. The van der Waals surface area contributed by atoms with Crippen LogP contribution < -0.4 is 20.3 Å². The molecule has 0 aliphatic heterocycles. The van der Waals surface area contributed by atoms with Crippen LogP contribution in [0.2, 0.25) is 5.02 Å². The zero-order chi connectivity index (χ0) is 22.9. The second-order valence-corrected chi connectivity index (χ2v) is 8.29. The monoisotopic (exact) mass is 468 g/mol. The summed E-state index contributed by atoms with van der Waals surface area (Å²) in [5, 5.41) is 15.5. The Labute approximate surface area is 193 Å². The van der Waals surface area contributed by atoms with Crippen LogP contribution in [0, 0.1) is 5.92 Å². The molecule has 3 heterocycles. The lowest BCUT2D eigenvalue weighted by molar-refractivity contribution is 0.300. The second-order valence-electron chi connectivity index (χ2n) is 7.89. The van der Waals surface area contributed by atoms with E-state index in [1.807, 2.05) is 6.92 Å². The summed E-state index contributed by atoms with van der Waals surface area (Å²) in [5.74, 6) is 1.75. The molecule has 0 radical (unpaired) electrons. The number of rotatable bonds is 8. The standard InChI is InChI=1S/C21H21ClN8O3/c1-11(25-21-23-8-17(20(27-21)32-2)30-10-24-28-29-30)14-5-13-6-15(22)18(33-9-12-3-4-12)7-16(13)26-19(14)31/h5-8,10-12H,3-4,9H2,1-2H3,(H,26,31)(H,23,25,27)/t11-/m0/s1. The molecule has 3 aromatic heterocycles. The van der Waals surface area contributed by atoms with Gasteiger partial charge < -0.3 is 19.8 Å². The van der Waals surface area contributed by atoms with Crippen LogP contribution in [-0.2, 0) is 0 Å². The van der Waals surface area contributed by atoms with Gasteiger partial charge >= 0.3 is 0 Å². The first-order valence-corrected chi connectivity index (χ1v) is 10.8. The molecule has 0 saturated heterocycles. The molecule has 33 heavy (non-hydrogen) atoms. The first kappa shape index (κ1) is 21.1. The number of pyridine rings is 1. The minimum Gasteiger partial charge on any atom is -0.492 e. The molecule has 1 aliphatic rings. The Hall–Kier alpha value is -3.73. The molecule has 5 rings (SSSR count). The third-order valence-electron chi connectivity index (χ3n) is 5.43. The van der Waals surface area contributed by atoms with Crippen molar-refractivity contribution in [2.24, 2.45) is 5.92 Å². The number of H-pyrrole nitrogens is 1. The third kappa shape index (κ3) is 4.44. The summed E-state index contributed by atoms with van der Waals surface area (Å²) in [6, 6.07) is 4.97. The predicted octanol–water partition coefficient (Wildman–Crippen LogP) is 2.92. The molecular weight excluding hydrogens is 448 g/mol. The van der Waals surface area contributed by atoms with Gasteiger partial charge in [-0.3, -0.25) is 4.79 Å². The van der Waals surface area contributed by atoms with Gasteiger partial charge in [0.25, 0.3) is 5.56 Å². The maximum atomic E-state index is 12.8. The zero-order valence-corrected chi connectivity index (χ0v) is 18.7. The van der Waals surface area contributed by atoms with Gasteiger partial charge in [0.2, 0.25) is 11.8 Å². The molecule has 0 bridgehead atoms. The largest absolute Gasteiger partial charge is 0.492 e. The minimum atomic E-state index is -0.397. The Morgan fingerprint density at radius 2 is 2.18 bits per heavy atom. The number of nitrogens with zero attached hydrogens (tertiary/aromatic N) is 6. The molecule has 0 unspecified atom stereocenters. The molecule has 12 heteroatoms. The maximum absolute atomic E-state index is 12.8. The van der Waals surface area contributed by atoms with E-state index >= 15 is 0 Å². The molecule has 1 aliphatic carbocycles. The molecule has 0 spiro atoms. The summed E-state index contributed by atoms with van der Waals surface area (Å²) in [6.07, 6.45) is 5.32. The van der Waals surface area contributed by atoms with Crippen LogP contribution in [0.15, 0.2) is 35.5 Å². The van der Waals surface area contributed by atoms with Crippen molar-refractivity contribution in [1.82, 2.24) is 35.2 Å². The van der Waals surface area contributed by atoms with Crippen LogP contribution in [0.4, 0.5) is 5.95 Å². The zero-order valence-electron chi connectivity index (χ0n) is 17.9. The fraction of sp³-hybridized carbons (Fsp3) is 0.333. The van der Waals surface area contributed by atoms with Gasteiger partial charge in [0.05, 0.1) is 36.5 Å². The van der Waals surface area contributed by atoms with Crippen molar-refractivity contribution in [1.29, 1.82) is 0 Å². The summed E-state index contributed by atoms with van der Waals surface area (Å²) in [5.41, 5.74) is 1.43. The fourth-order valence-electron chi connectivity index (χ4n) is 3.43. The van der Waals surface area contributed by atoms with Crippen molar-refractivity contribution < 1.29 is 9.47 Å². The highest BCUT2D eigenvalue weighted by Gasteiger charge is 2.22. The van der Waals surface area contributed by atoms with E-state index in [9.17, 15) is 4.79 Å². The van der Waals surface area contributed by atoms with Gasteiger partial charge in [-0.2, -0.15) is 9.67 Å². The quantitative estimate of drug-likeness (QED) is 0.400. The molecule has 170 valence electrons. The fourth-order valence-corrected chi connectivity index (χ4v) is 3.65. The van der Waals surface area contributed by atoms with E-state index in [1.54, 1.807) is 18.2 Å². The molecule has 1 aromatic carbocycles. The Morgan fingerprint density at radius 1 is 1.33 bits per heavy atom. The summed E-state index contributed by atoms with van der Waals surface area (Å²) < 4.78 is 12.5. The number of tetrazole rings is 1. The number of hydrogen-bond acceptors (Lipinski definition) is 9. The number of anilines is 1. The van der Waals surface area contributed by atoms with Gasteiger partial charge in [-0.15, -0.1) is 5.10 Å². The molecular formula is C21H21ClN8O3. The summed E-state index contributed by atoms with van der Waals surface area (Å²) in [7, 11) is 1.49. The van der Waals surface area contributed by atoms with Crippen LogP contribution in [0.5, 0.6) is 11.6 Å². The van der Waals surface area contributed by atoms with E-state index < -0.39 is 6.04 Å². The van der Waals surface area contributed by atoms with Gasteiger partial charge in [-0.25, -0.2) is 4.98 Å². The third-order valence-corrected chi connectivity index (χ3v) is 5.73. The van der Waals surface area contributed by atoms with Crippen LogP contribution in [0.25, 0.3) is 16.6 Å². The number of aromatic amines is 1. The minimum absolute atomic E-state index is 0.227. The summed E-state index contributed by atoms with van der Waals surface area (Å²) in [4.78, 5) is 24.4. The molecule has 1 fully saturated rings. The average Bonchev–Trinajstić information content (AvgIpc) is 3.48. The Morgan fingerprint density at radius 3 is 2.91 bits per heavy atom. The average molecular weight is 469 g/mol. The number of benzene rings is 1. The van der Waals surface area contributed by atoms with Crippen LogP contribution in [0.3, 0.4) is 0 Å². The van der Waals surface area contributed by atoms with Gasteiger partial charge in [0, 0.05) is 17.0 Å². The Kier molecular flexibility index (Phi) is 5.55. The van der Waals surface area contributed by atoms with Gasteiger partial charge in [0.15, 0.2) is 0 Å². The van der Waals surface area contributed by atoms with Gasteiger partial charge in [-0.1, -0.05) is 11.6 Å². The molecule has 2 N–H and O–H groups in total. The van der Waals surface area contributed by atoms with E-state index in [0.29, 0.717) is 40.1 Å². The van der Waals surface area contributed by atoms with Crippen LogP contribution in [-0.4, -0.2) is 48.9 Å². The number of fused-ring (bicyclic) bond motifs is 1. The topological polar surface area (TPSA) is 133 Å². The van der Waals surface area contributed by atoms with Gasteiger partial charge in [-0.05, 0) is 48.2 Å². The highest BCUT2D eigenvalue weighted by atomic mass is 35.5. The van der Waals surface area contributed by atoms with E-state index in [1.165, 1.54) is 37.2 Å². The van der Waals surface area contributed by atoms with E-state index in [4.69, 9.17) is 21.1 Å². The second kappa shape index (κ2) is 8.66.